The van der Waals surface area contributed by atoms with Crippen LogP contribution in [0.25, 0.3) is 0 Å². The van der Waals surface area contributed by atoms with Gasteiger partial charge in [-0.1, -0.05) is 0 Å². The van der Waals surface area contributed by atoms with E-state index in [0.717, 1.165) is 11.3 Å². The summed E-state index contributed by atoms with van der Waals surface area (Å²) in [4.78, 5) is 24.8. The number of alkyl halides is 1. The number of aliphatic carboxylic acids is 1. The second-order valence-electron chi connectivity index (χ2n) is 5.03. The molecule has 6 nitrogen and oxygen atoms in total. The molecule has 0 aliphatic carbocycles. The van der Waals surface area contributed by atoms with Crippen LogP contribution in [0.5, 0.6) is 5.75 Å². The molecule has 1 aromatic carbocycles. The molecule has 0 spiro atoms. The number of carbonyl (C=O) groups is 2. The SMILES string of the molecule is COc1ccc2c(c1)CN[C@H](CCC(=O)O)N2C(=O)CCCl. The number of benzene rings is 1. The van der Waals surface area contributed by atoms with E-state index in [4.69, 9.17) is 21.4 Å². The van der Waals surface area contributed by atoms with Crippen LogP contribution >= 0.6 is 11.6 Å². The summed E-state index contributed by atoms with van der Waals surface area (Å²) in [6, 6.07) is 5.49. The number of carboxylic acid groups (broad SMARTS) is 1. The van der Waals surface area contributed by atoms with Gasteiger partial charge in [0.1, 0.15) is 5.75 Å². The number of amides is 1. The molecule has 0 aromatic heterocycles. The molecular weight excluding hydrogens is 308 g/mol. The highest BCUT2D eigenvalue weighted by Gasteiger charge is 2.30. The number of fused-ring (bicyclic) bond motifs is 1. The first-order chi connectivity index (χ1) is 10.6. The number of carbonyl (C=O) groups excluding carboxylic acids is 1. The van der Waals surface area contributed by atoms with E-state index in [0.29, 0.717) is 18.7 Å². The molecule has 1 heterocycles. The lowest BCUT2D eigenvalue weighted by molar-refractivity contribution is -0.137. The first-order valence-electron chi connectivity index (χ1n) is 7.07. The number of hydrogen-bond donors (Lipinski definition) is 2. The third-order valence-electron chi connectivity index (χ3n) is 3.59. The lowest BCUT2D eigenvalue weighted by Gasteiger charge is -2.38. The fourth-order valence-electron chi connectivity index (χ4n) is 2.55. The van der Waals surface area contributed by atoms with Crippen LogP contribution < -0.4 is 15.0 Å². The number of methoxy groups -OCH3 is 1. The lowest BCUT2D eigenvalue weighted by Crippen LogP contribution is -2.52. The average Bonchev–Trinajstić information content (AvgIpc) is 2.51. The molecule has 0 fully saturated rings. The third kappa shape index (κ3) is 3.69. The van der Waals surface area contributed by atoms with Gasteiger partial charge in [-0.05, 0) is 30.2 Å². The van der Waals surface area contributed by atoms with Crippen LogP contribution in [0.4, 0.5) is 5.69 Å². The van der Waals surface area contributed by atoms with Crippen LogP contribution in [0.2, 0.25) is 0 Å². The quantitative estimate of drug-likeness (QED) is 0.781. The highest BCUT2D eigenvalue weighted by atomic mass is 35.5. The first kappa shape index (κ1) is 16.6. The monoisotopic (exact) mass is 326 g/mol. The molecule has 0 saturated heterocycles. The van der Waals surface area contributed by atoms with Crippen molar-refractivity contribution in [3.63, 3.8) is 0 Å². The van der Waals surface area contributed by atoms with Crippen LogP contribution in [-0.2, 0) is 16.1 Å². The van der Waals surface area contributed by atoms with Crippen LogP contribution in [0.1, 0.15) is 24.8 Å². The van der Waals surface area contributed by atoms with Crippen molar-refractivity contribution in [3.8, 4) is 5.75 Å². The van der Waals surface area contributed by atoms with Gasteiger partial charge in [-0.2, -0.15) is 0 Å². The van der Waals surface area contributed by atoms with Gasteiger partial charge < -0.3 is 9.84 Å². The lowest BCUT2D eigenvalue weighted by atomic mass is 10.0. The zero-order valence-electron chi connectivity index (χ0n) is 12.3. The fraction of sp³-hybridized carbons (Fsp3) is 0.467. The first-order valence-corrected chi connectivity index (χ1v) is 7.60. The summed E-state index contributed by atoms with van der Waals surface area (Å²) in [5.74, 6) is -0.0581. The number of anilines is 1. The smallest absolute Gasteiger partial charge is 0.303 e. The van der Waals surface area contributed by atoms with Crippen LogP contribution in [0.3, 0.4) is 0 Å². The van der Waals surface area contributed by atoms with Gasteiger partial charge in [0, 0.05) is 25.3 Å². The molecule has 1 aliphatic heterocycles. The van der Waals surface area contributed by atoms with Gasteiger partial charge in [-0.3, -0.25) is 19.8 Å². The van der Waals surface area contributed by atoms with Crippen molar-refractivity contribution >= 4 is 29.2 Å². The van der Waals surface area contributed by atoms with E-state index in [9.17, 15) is 9.59 Å². The third-order valence-corrected chi connectivity index (χ3v) is 3.78. The topological polar surface area (TPSA) is 78.9 Å². The summed E-state index contributed by atoms with van der Waals surface area (Å²) in [5.41, 5.74) is 1.72. The summed E-state index contributed by atoms with van der Waals surface area (Å²) in [6.07, 6.45) is 0.202. The van der Waals surface area contributed by atoms with Crippen molar-refractivity contribution in [2.45, 2.75) is 32.0 Å². The summed E-state index contributed by atoms with van der Waals surface area (Å²) in [7, 11) is 1.59. The van der Waals surface area contributed by atoms with Gasteiger partial charge in [0.25, 0.3) is 0 Å². The van der Waals surface area contributed by atoms with Crippen molar-refractivity contribution in [2.24, 2.45) is 0 Å². The Hall–Kier alpha value is -1.79. The van der Waals surface area contributed by atoms with Gasteiger partial charge in [0.05, 0.1) is 19.0 Å². The summed E-state index contributed by atoms with van der Waals surface area (Å²) in [6.45, 7) is 0.557. The van der Waals surface area contributed by atoms with Crippen LogP contribution in [0.15, 0.2) is 18.2 Å². The molecule has 2 N–H and O–H groups in total. The predicted molar refractivity (Wildman–Crippen MR) is 83.3 cm³/mol. The predicted octanol–water partition coefficient (Wildman–Crippen LogP) is 1.95. The summed E-state index contributed by atoms with van der Waals surface area (Å²) < 4.78 is 5.20. The molecule has 120 valence electrons. The highest BCUT2D eigenvalue weighted by molar-refractivity contribution is 6.19. The minimum Gasteiger partial charge on any atom is -0.497 e. The molecule has 0 unspecified atom stereocenters. The maximum absolute atomic E-state index is 12.4. The number of ether oxygens (including phenoxy) is 1. The summed E-state index contributed by atoms with van der Waals surface area (Å²) in [5, 5.41) is 12.1. The van der Waals surface area contributed by atoms with E-state index in [1.807, 2.05) is 12.1 Å². The Labute approximate surface area is 134 Å². The largest absolute Gasteiger partial charge is 0.497 e. The van der Waals surface area contributed by atoms with E-state index in [1.165, 1.54) is 0 Å². The van der Waals surface area contributed by atoms with E-state index >= 15 is 0 Å². The highest BCUT2D eigenvalue weighted by Crippen LogP contribution is 2.31. The molecule has 0 bridgehead atoms. The molecule has 7 heteroatoms. The zero-order valence-corrected chi connectivity index (χ0v) is 13.1. The molecule has 22 heavy (non-hydrogen) atoms. The molecule has 0 radical (unpaired) electrons. The van der Waals surface area contributed by atoms with E-state index in [2.05, 4.69) is 5.32 Å². The van der Waals surface area contributed by atoms with Crippen molar-refractivity contribution in [1.29, 1.82) is 0 Å². The molecule has 1 aliphatic rings. The number of nitrogens with one attached hydrogen (secondary N) is 1. The fourth-order valence-corrected chi connectivity index (χ4v) is 2.71. The Morgan fingerprint density at radius 1 is 1.45 bits per heavy atom. The standard InChI is InChI=1S/C15H19ClN2O4/c1-22-11-2-3-12-10(8-11)9-17-13(4-5-15(20)21)18(12)14(19)6-7-16/h2-3,8,13,17H,4-7,9H2,1H3,(H,20,21)/t13-/m0/s1. The minimum absolute atomic E-state index is 0.00614. The van der Waals surface area contributed by atoms with Gasteiger partial charge >= 0.3 is 5.97 Å². The molecule has 2 rings (SSSR count). The molecule has 0 saturated carbocycles. The number of nitrogens with zero attached hydrogens (tertiary/aromatic N) is 1. The van der Waals surface area contributed by atoms with Crippen molar-refractivity contribution in [1.82, 2.24) is 5.32 Å². The number of halogens is 1. The maximum Gasteiger partial charge on any atom is 0.303 e. The van der Waals surface area contributed by atoms with Gasteiger partial charge in [-0.25, -0.2) is 0 Å². The van der Waals surface area contributed by atoms with Gasteiger partial charge in [-0.15, -0.1) is 11.6 Å². The molecule has 1 atom stereocenters. The van der Waals surface area contributed by atoms with Crippen LogP contribution in [-0.4, -0.2) is 36.1 Å². The average molecular weight is 327 g/mol. The van der Waals surface area contributed by atoms with E-state index < -0.39 is 5.97 Å². The van der Waals surface area contributed by atoms with Gasteiger partial charge in [0.2, 0.25) is 5.91 Å². The van der Waals surface area contributed by atoms with E-state index in [1.54, 1.807) is 18.1 Å². The second kappa shape index (κ2) is 7.47. The Morgan fingerprint density at radius 3 is 2.86 bits per heavy atom. The number of hydrogen-bond acceptors (Lipinski definition) is 4. The Morgan fingerprint density at radius 2 is 2.23 bits per heavy atom. The molecular formula is C15H19ClN2O4. The van der Waals surface area contributed by atoms with Crippen molar-refractivity contribution in [3.05, 3.63) is 23.8 Å². The van der Waals surface area contributed by atoms with Crippen LogP contribution in [0, 0.1) is 0 Å². The van der Waals surface area contributed by atoms with Crippen molar-refractivity contribution in [2.75, 3.05) is 17.9 Å². The number of carboxylic acids is 1. The van der Waals surface area contributed by atoms with Gasteiger partial charge in [0.15, 0.2) is 0 Å². The molecule has 1 aromatic rings. The minimum atomic E-state index is -0.882. The molecule has 1 amide bonds. The summed E-state index contributed by atoms with van der Waals surface area (Å²) >= 11 is 5.68. The van der Waals surface area contributed by atoms with E-state index in [-0.39, 0.29) is 30.8 Å². The normalized spacial score (nSPS) is 17.0. The Bertz CT molecular complexity index is 564. The Balaban J connectivity index is 2.30. The van der Waals surface area contributed by atoms with Crippen molar-refractivity contribution < 1.29 is 19.4 Å². The maximum atomic E-state index is 12.4. The second-order valence-corrected chi connectivity index (χ2v) is 5.40. The Kier molecular flexibility index (Phi) is 5.63. The zero-order chi connectivity index (χ0) is 16.1. The number of rotatable bonds is 6.